The smallest absolute Gasteiger partial charge is 0.241 e. The van der Waals surface area contributed by atoms with Crippen molar-refractivity contribution in [2.24, 2.45) is 11.5 Å². The highest BCUT2D eigenvalue weighted by Crippen LogP contribution is 2.26. The number of primary amides is 1. The lowest BCUT2D eigenvalue weighted by atomic mass is 10.2. The number of para-hydroxylation sites is 1. The summed E-state index contributed by atoms with van der Waals surface area (Å²) in [6, 6.07) is 6.43. The van der Waals surface area contributed by atoms with E-state index in [1.165, 1.54) is 0 Å². The van der Waals surface area contributed by atoms with Crippen LogP contribution in [-0.4, -0.2) is 23.6 Å². The standard InChI is InChI=1S/C13H17N3O2S/c1-2-7-19-11-6-4-3-5-10(11)16-13(18)9(14)8-12(15)17/h2-6,9H,1,7-8,14H2,(H2,15,17)(H,16,18). The molecule has 1 aromatic rings. The first kappa shape index (κ1) is 15.3. The molecular formula is C13H17N3O2S. The molecule has 1 aromatic carbocycles. The van der Waals surface area contributed by atoms with E-state index in [9.17, 15) is 9.59 Å². The normalized spacial score (nSPS) is 11.6. The van der Waals surface area contributed by atoms with Crippen molar-refractivity contribution >= 4 is 29.3 Å². The molecule has 0 radical (unpaired) electrons. The minimum atomic E-state index is -0.935. The molecule has 0 aliphatic rings. The Morgan fingerprint density at radius 3 is 2.74 bits per heavy atom. The topological polar surface area (TPSA) is 98.2 Å². The second-order valence-electron chi connectivity index (χ2n) is 3.86. The van der Waals surface area contributed by atoms with Gasteiger partial charge in [0.15, 0.2) is 0 Å². The zero-order chi connectivity index (χ0) is 14.3. The van der Waals surface area contributed by atoms with Crippen molar-refractivity contribution in [1.29, 1.82) is 0 Å². The molecule has 5 N–H and O–H groups in total. The van der Waals surface area contributed by atoms with Crippen LogP contribution in [0.2, 0.25) is 0 Å². The molecule has 0 saturated heterocycles. The Labute approximate surface area is 116 Å². The molecule has 0 saturated carbocycles. The van der Waals surface area contributed by atoms with Gasteiger partial charge in [-0.2, -0.15) is 0 Å². The van der Waals surface area contributed by atoms with Crippen molar-refractivity contribution < 1.29 is 9.59 Å². The largest absolute Gasteiger partial charge is 0.370 e. The average molecular weight is 279 g/mol. The Kier molecular flexibility index (Phi) is 6.11. The number of rotatable bonds is 7. The quantitative estimate of drug-likeness (QED) is 0.514. The van der Waals surface area contributed by atoms with Crippen molar-refractivity contribution in [2.75, 3.05) is 11.1 Å². The van der Waals surface area contributed by atoms with Gasteiger partial charge in [0.2, 0.25) is 11.8 Å². The van der Waals surface area contributed by atoms with Gasteiger partial charge in [0.25, 0.3) is 0 Å². The van der Waals surface area contributed by atoms with Crippen LogP contribution in [0.1, 0.15) is 6.42 Å². The third-order valence-electron chi connectivity index (χ3n) is 2.26. The van der Waals surface area contributed by atoms with Crippen LogP contribution in [0, 0.1) is 0 Å². The number of nitrogens with two attached hydrogens (primary N) is 2. The average Bonchev–Trinajstić information content (AvgIpc) is 2.36. The molecule has 102 valence electrons. The van der Waals surface area contributed by atoms with E-state index in [1.807, 2.05) is 18.2 Å². The third kappa shape index (κ3) is 5.15. The first-order valence-corrected chi connectivity index (χ1v) is 6.70. The van der Waals surface area contributed by atoms with Crippen LogP contribution < -0.4 is 16.8 Å². The molecule has 2 amide bonds. The van der Waals surface area contributed by atoms with Gasteiger partial charge in [-0.1, -0.05) is 18.2 Å². The van der Waals surface area contributed by atoms with E-state index in [2.05, 4.69) is 11.9 Å². The maximum Gasteiger partial charge on any atom is 0.241 e. The van der Waals surface area contributed by atoms with E-state index in [1.54, 1.807) is 23.9 Å². The summed E-state index contributed by atoms with van der Waals surface area (Å²) in [5.74, 6) is -0.289. The fourth-order valence-corrected chi connectivity index (χ4v) is 2.13. The third-order valence-corrected chi connectivity index (χ3v) is 3.33. The molecule has 6 heteroatoms. The predicted molar refractivity (Wildman–Crippen MR) is 77.8 cm³/mol. The highest BCUT2D eigenvalue weighted by Gasteiger charge is 2.17. The van der Waals surface area contributed by atoms with Gasteiger partial charge in [0, 0.05) is 10.6 Å². The summed E-state index contributed by atoms with van der Waals surface area (Å²) in [6.07, 6.45) is 1.61. The van der Waals surface area contributed by atoms with Crippen LogP contribution in [0.3, 0.4) is 0 Å². The number of hydrogen-bond donors (Lipinski definition) is 3. The molecule has 19 heavy (non-hydrogen) atoms. The highest BCUT2D eigenvalue weighted by atomic mass is 32.2. The van der Waals surface area contributed by atoms with Crippen LogP contribution >= 0.6 is 11.8 Å². The molecular weight excluding hydrogens is 262 g/mol. The Morgan fingerprint density at radius 1 is 1.42 bits per heavy atom. The maximum absolute atomic E-state index is 11.8. The predicted octanol–water partition coefficient (Wildman–Crippen LogP) is 1.11. The van der Waals surface area contributed by atoms with Crippen LogP contribution in [0.25, 0.3) is 0 Å². The van der Waals surface area contributed by atoms with Gasteiger partial charge in [-0.05, 0) is 12.1 Å². The second kappa shape index (κ2) is 7.60. The maximum atomic E-state index is 11.8. The van der Waals surface area contributed by atoms with E-state index in [0.717, 1.165) is 10.6 Å². The first-order chi connectivity index (χ1) is 9.04. The molecule has 0 spiro atoms. The minimum Gasteiger partial charge on any atom is -0.370 e. The van der Waals surface area contributed by atoms with E-state index in [0.29, 0.717) is 5.69 Å². The SMILES string of the molecule is C=CCSc1ccccc1NC(=O)C(N)CC(N)=O. The van der Waals surface area contributed by atoms with Crippen molar-refractivity contribution in [3.63, 3.8) is 0 Å². The Bertz CT molecular complexity index is 477. The van der Waals surface area contributed by atoms with Crippen LogP contribution in [0.4, 0.5) is 5.69 Å². The summed E-state index contributed by atoms with van der Waals surface area (Å²) in [5, 5.41) is 2.70. The van der Waals surface area contributed by atoms with Gasteiger partial charge in [0.05, 0.1) is 18.2 Å². The van der Waals surface area contributed by atoms with Crippen LogP contribution in [0.5, 0.6) is 0 Å². The molecule has 1 unspecified atom stereocenters. The summed E-state index contributed by atoms with van der Waals surface area (Å²) in [5.41, 5.74) is 11.3. The lowest BCUT2D eigenvalue weighted by Crippen LogP contribution is -2.39. The second-order valence-corrected chi connectivity index (χ2v) is 4.92. The van der Waals surface area contributed by atoms with Crippen molar-refractivity contribution in [3.05, 3.63) is 36.9 Å². The Hall–Kier alpha value is -1.79. The Balaban J connectivity index is 2.72. The lowest BCUT2D eigenvalue weighted by molar-refractivity contribution is -0.123. The number of anilines is 1. The minimum absolute atomic E-state index is 0.173. The van der Waals surface area contributed by atoms with Gasteiger partial charge < -0.3 is 16.8 Å². The number of hydrogen-bond acceptors (Lipinski definition) is 4. The van der Waals surface area contributed by atoms with E-state index in [4.69, 9.17) is 11.5 Å². The van der Waals surface area contributed by atoms with Gasteiger partial charge in [-0.3, -0.25) is 9.59 Å². The molecule has 1 rings (SSSR count). The van der Waals surface area contributed by atoms with Gasteiger partial charge in [0.1, 0.15) is 0 Å². The highest BCUT2D eigenvalue weighted by molar-refractivity contribution is 7.99. The summed E-state index contributed by atoms with van der Waals surface area (Å²) >= 11 is 1.55. The van der Waals surface area contributed by atoms with Crippen molar-refractivity contribution in [2.45, 2.75) is 17.4 Å². The van der Waals surface area contributed by atoms with Crippen LogP contribution in [0.15, 0.2) is 41.8 Å². The summed E-state index contributed by atoms with van der Waals surface area (Å²) in [6.45, 7) is 3.65. The number of carbonyl (C=O) groups is 2. The first-order valence-electron chi connectivity index (χ1n) is 5.72. The van der Waals surface area contributed by atoms with E-state index in [-0.39, 0.29) is 6.42 Å². The summed E-state index contributed by atoms with van der Waals surface area (Å²) in [4.78, 5) is 23.4. The molecule has 0 aliphatic heterocycles. The Morgan fingerprint density at radius 2 is 2.11 bits per heavy atom. The fraction of sp³-hybridized carbons (Fsp3) is 0.231. The molecule has 1 atom stereocenters. The van der Waals surface area contributed by atoms with Gasteiger partial charge in [-0.15, -0.1) is 18.3 Å². The molecule has 0 fully saturated rings. The van der Waals surface area contributed by atoms with Crippen molar-refractivity contribution in [1.82, 2.24) is 0 Å². The molecule has 0 aromatic heterocycles. The molecule has 5 nitrogen and oxygen atoms in total. The van der Waals surface area contributed by atoms with E-state index >= 15 is 0 Å². The summed E-state index contributed by atoms with van der Waals surface area (Å²) in [7, 11) is 0. The number of carbonyl (C=O) groups excluding carboxylic acids is 2. The monoisotopic (exact) mass is 279 g/mol. The van der Waals surface area contributed by atoms with E-state index < -0.39 is 17.9 Å². The number of amides is 2. The zero-order valence-electron chi connectivity index (χ0n) is 10.5. The van der Waals surface area contributed by atoms with Gasteiger partial charge in [-0.25, -0.2) is 0 Å². The number of benzene rings is 1. The fourth-order valence-electron chi connectivity index (χ4n) is 1.38. The zero-order valence-corrected chi connectivity index (χ0v) is 11.3. The lowest BCUT2D eigenvalue weighted by Gasteiger charge is -2.13. The van der Waals surface area contributed by atoms with Crippen LogP contribution in [-0.2, 0) is 9.59 Å². The molecule has 0 aliphatic carbocycles. The van der Waals surface area contributed by atoms with Gasteiger partial charge >= 0.3 is 0 Å². The summed E-state index contributed by atoms with van der Waals surface area (Å²) < 4.78 is 0. The number of thioether (sulfide) groups is 1. The number of nitrogens with one attached hydrogen (secondary N) is 1. The molecule has 0 bridgehead atoms. The van der Waals surface area contributed by atoms with Crippen molar-refractivity contribution in [3.8, 4) is 0 Å². The molecule has 0 heterocycles.